The van der Waals surface area contributed by atoms with Gasteiger partial charge in [-0.3, -0.25) is 9.89 Å². The molecule has 0 atom stereocenters. The third-order valence-electron chi connectivity index (χ3n) is 2.41. The molecule has 2 N–H and O–H groups in total. The number of halogens is 1. The summed E-state index contributed by atoms with van der Waals surface area (Å²) in [5.74, 6) is 0.621. The third-order valence-corrected chi connectivity index (χ3v) is 2.91. The molecule has 6 heteroatoms. The predicted octanol–water partition coefficient (Wildman–Crippen LogP) is 2.06. The van der Waals surface area contributed by atoms with E-state index in [0.29, 0.717) is 12.4 Å². The topological polar surface area (TPSA) is 70.7 Å². The number of amides is 1. The normalized spacial score (nSPS) is 10.3. The summed E-state index contributed by atoms with van der Waals surface area (Å²) in [6.45, 7) is 2.40. The molecule has 0 saturated heterocycles. The van der Waals surface area contributed by atoms with Crippen LogP contribution in [0.25, 0.3) is 0 Å². The quantitative estimate of drug-likeness (QED) is 0.908. The average molecular weight is 309 g/mol. The number of benzene rings is 1. The second-order valence-corrected chi connectivity index (χ2v) is 4.69. The molecule has 1 heterocycles. The van der Waals surface area contributed by atoms with Gasteiger partial charge in [-0.15, -0.1) is 5.10 Å². The molecule has 0 fully saturated rings. The molecule has 2 aromatic rings. The van der Waals surface area contributed by atoms with Crippen molar-refractivity contribution < 1.29 is 4.79 Å². The molecule has 0 aliphatic carbocycles. The van der Waals surface area contributed by atoms with E-state index < -0.39 is 0 Å². The highest BCUT2D eigenvalue weighted by Gasteiger charge is 2.11. The zero-order chi connectivity index (χ0) is 13.0. The van der Waals surface area contributed by atoms with Gasteiger partial charge in [0, 0.05) is 17.4 Å². The standard InChI is InChI=1S/C12H13BrN4O/c1-2-10-15-11(17-16-10)12(18)14-7-8-4-3-5-9(13)6-8/h3-6H,2,7H2,1H3,(H,14,18)(H,15,16,17). The Labute approximate surface area is 113 Å². The van der Waals surface area contributed by atoms with E-state index in [2.05, 4.69) is 36.4 Å². The van der Waals surface area contributed by atoms with Crippen molar-refractivity contribution in [1.82, 2.24) is 20.5 Å². The molecule has 0 aliphatic heterocycles. The Kier molecular flexibility index (Phi) is 4.09. The molecule has 0 radical (unpaired) electrons. The van der Waals surface area contributed by atoms with Crippen LogP contribution in [-0.2, 0) is 13.0 Å². The lowest BCUT2D eigenvalue weighted by Gasteiger charge is -2.03. The number of hydrogen-bond donors (Lipinski definition) is 2. The van der Waals surface area contributed by atoms with Crippen LogP contribution in [-0.4, -0.2) is 21.1 Å². The highest BCUT2D eigenvalue weighted by molar-refractivity contribution is 9.10. The zero-order valence-electron chi connectivity index (χ0n) is 9.90. The van der Waals surface area contributed by atoms with Crippen LogP contribution in [0.2, 0.25) is 0 Å². The SMILES string of the molecule is CCc1nc(C(=O)NCc2cccc(Br)c2)n[nH]1. The molecular formula is C12H13BrN4O. The molecular weight excluding hydrogens is 296 g/mol. The number of H-pyrrole nitrogens is 1. The van der Waals surface area contributed by atoms with Gasteiger partial charge in [0.15, 0.2) is 0 Å². The fraction of sp³-hybridized carbons (Fsp3) is 0.250. The Bertz CT molecular complexity index is 553. The second kappa shape index (κ2) is 5.77. The number of rotatable bonds is 4. The average Bonchev–Trinajstić information content (AvgIpc) is 2.85. The summed E-state index contributed by atoms with van der Waals surface area (Å²) in [6, 6.07) is 7.76. The molecule has 1 amide bonds. The Morgan fingerprint density at radius 1 is 1.50 bits per heavy atom. The first-order valence-corrected chi connectivity index (χ1v) is 6.42. The maximum Gasteiger partial charge on any atom is 0.291 e. The van der Waals surface area contributed by atoms with Crippen molar-refractivity contribution in [2.24, 2.45) is 0 Å². The number of hydrogen-bond acceptors (Lipinski definition) is 3. The molecule has 1 aromatic heterocycles. The largest absolute Gasteiger partial charge is 0.345 e. The van der Waals surface area contributed by atoms with Crippen molar-refractivity contribution >= 4 is 21.8 Å². The van der Waals surface area contributed by atoms with Gasteiger partial charge in [0.25, 0.3) is 5.91 Å². The van der Waals surface area contributed by atoms with Crippen molar-refractivity contribution in [2.45, 2.75) is 19.9 Å². The van der Waals surface area contributed by atoms with Crippen molar-refractivity contribution in [3.8, 4) is 0 Å². The van der Waals surface area contributed by atoms with Crippen LogP contribution in [0.3, 0.4) is 0 Å². The van der Waals surface area contributed by atoms with Crippen LogP contribution in [0.15, 0.2) is 28.7 Å². The minimum atomic E-state index is -0.272. The van der Waals surface area contributed by atoms with E-state index in [1.54, 1.807) is 0 Å². The number of nitrogens with one attached hydrogen (secondary N) is 2. The fourth-order valence-electron chi connectivity index (χ4n) is 1.46. The van der Waals surface area contributed by atoms with Crippen LogP contribution >= 0.6 is 15.9 Å². The van der Waals surface area contributed by atoms with Gasteiger partial charge in [0.1, 0.15) is 5.82 Å². The van der Waals surface area contributed by atoms with Crippen molar-refractivity contribution in [3.63, 3.8) is 0 Å². The molecule has 0 spiro atoms. The number of aryl methyl sites for hydroxylation is 1. The number of aromatic amines is 1. The molecule has 0 saturated carbocycles. The van der Waals surface area contributed by atoms with Crippen LogP contribution < -0.4 is 5.32 Å². The lowest BCUT2D eigenvalue weighted by atomic mass is 10.2. The van der Waals surface area contributed by atoms with Gasteiger partial charge in [-0.1, -0.05) is 35.0 Å². The molecule has 0 unspecified atom stereocenters. The van der Waals surface area contributed by atoms with E-state index in [9.17, 15) is 4.79 Å². The molecule has 0 aliphatic rings. The summed E-state index contributed by atoms with van der Waals surface area (Å²) in [4.78, 5) is 15.8. The van der Waals surface area contributed by atoms with E-state index >= 15 is 0 Å². The first-order chi connectivity index (χ1) is 8.69. The number of nitrogens with zero attached hydrogens (tertiary/aromatic N) is 2. The first kappa shape index (κ1) is 12.8. The van der Waals surface area contributed by atoms with Gasteiger partial charge in [0.2, 0.25) is 5.82 Å². The Hall–Kier alpha value is -1.69. The minimum Gasteiger partial charge on any atom is -0.345 e. The maximum absolute atomic E-state index is 11.8. The predicted molar refractivity (Wildman–Crippen MR) is 71.1 cm³/mol. The molecule has 18 heavy (non-hydrogen) atoms. The van der Waals surface area contributed by atoms with Gasteiger partial charge in [0.05, 0.1) is 0 Å². The number of aromatic nitrogens is 3. The van der Waals surface area contributed by atoms with E-state index in [1.165, 1.54) is 0 Å². The van der Waals surface area contributed by atoms with Gasteiger partial charge in [-0.2, -0.15) is 0 Å². The Morgan fingerprint density at radius 3 is 3.00 bits per heavy atom. The van der Waals surface area contributed by atoms with Crippen LogP contribution in [0.4, 0.5) is 0 Å². The van der Waals surface area contributed by atoms with Crippen molar-refractivity contribution in [2.75, 3.05) is 0 Å². The highest BCUT2D eigenvalue weighted by atomic mass is 79.9. The third kappa shape index (κ3) is 3.16. The highest BCUT2D eigenvalue weighted by Crippen LogP contribution is 2.11. The minimum absolute atomic E-state index is 0.182. The maximum atomic E-state index is 11.8. The van der Waals surface area contributed by atoms with Crippen molar-refractivity contribution in [1.29, 1.82) is 0 Å². The smallest absolute Gasteiger partial charge is 0.291 e. The van der Waals surface area contributed by atoms with E-state index in [0.717, 1.165) is 16.5 Å². The summed E-state index contributed by atoms with van der Waals surface area (Å²) in [6.07, 6.45) is 0.728. The van der Waals surface area contributed by atoms with E-state index in [1.807, 2.05) is 31.2 Å². The molecule has 94 valence electrons. The zero-order valence-corrected chi connectivity index (χ0v) is 11.5. The fourth-order valence-corrected chi connectivity index (χ4v) is 1.91. The van der Waals surface area contributed by atoms with Gasteiger partial charge in [-0.05, 0) is 17.7 Å². The van der Waals surface area contributed by atoms with Crippen LogP contribution in [0, 0.1) is 0 Å². The Morgan fingerprint density at radius 2 is 2.33 bits per heavy atom. The molecule has 1 aromatic carbocycles. The van der Waals surface area contributed by atoms with Crippen LogP contribution in [0.5, 0.6) is 0 Å². The van der Waals surface area contributed by atoms with Gasteiger partial charge < -0.3 is 5.32 Å². The molecule has 0 bridgehead atoms. The summed E-state index contributed by atoms with van der Waals surface area (Å²) < 4.78 is 0.986. The number of carbonyl (C=O) groups is 1. The molecule has 5 nitrogen and oxygen atoms in total. The van der Waals surface area contributed by atoms with Gasteiger partial charge >= 0.3 is 0 Å². The summed E-state index contributed by atoms with van der Waals surface area (Å²) >= 11 is 3.38. The number of carbonyl (C=O) groups excluding carboxylic acids is 1. The van der Waals surface area contributed by atoms with Crippen molar-refractivity contribution in [3.05, 3.63) is 46.0 Å². The summed E-state index contributed by atoms with van der Waals surface area (Å²) in [5.41, 5.74) is 1.02. The first-order valence-electron chi connectivity index (χ1n) is 5.63. The lowest BCUT2D eigenvalue weighted by molar-refractivity contribution is 0.0941. The van der Waals surface area contributed by atoms with Crippen LogP contribution in [0.1, 0.15) is 28.9 Å². The second-order valence-electron chi connectivity index (χ2n) is 3.77. The molecule has 2 rings (SSSR count). The lowest BCUT2D eigenvalue weighted by Crippen LogP contribution is -2.24. The summed E-state index contributed by atoms with van der Waals surface area (Å²) in [5, 5.41) is 9.35. The van der Waals surface area contributed by atoms with E-state index in [-0.39, 0.29) is 11.7 Å². The Balaban J connectivity index is 1.96. The van der Waals surface area contributed by atoms with Gasteiger partial charge in [-0.25, -0.2) is 4.98 Å². The summed E-state index contributed by atoms with van der Waals surface area (Å²) in [7, 11) is 0. The van der Waals surface area contributed by atoms with E-state index in [4.69, 9.17) is 0 Å². The monoisotopic (exact) mass is 308 g/mol.